The largest absolute Gasteiger partial charge is 0.394 e. The molecule has 0 bridgehead atoms. The Labute approximate surface area is 377 Å². The second-order valence-electron chi connectivity index (χ2n) is 23.7. The normalized spacial score (nSPS) is 57.6. The third-order valence-electron chi connectivity index (χ3n) is 19.7. The van der Waals surface area contributed by atoms with Crippen LogP contribution in [0.25, 0.3) is 0 Å². The van der Waals surface area contributed by atoms with Gasteiger partial charge >= 0.3 is 0 Å². The molecule has 0 radical (unpaired) electrons. The molecule has 3 heterocycles. The Balaban J connectivity index is 0.964. The molecule has 0 aromatic heterocycles. The topological polar surface area (TPSA) is 278 Å². The zero-order valence-corrected chi connectivity index (χ0v) is 39.1. The second kappa shape index (κ2) is 17.0. The molecule has 0 aromatic rings. The fraction of sp³-hybridized carbons (Fsp3) is 1.00. The zero-order valence-electron chi connectivity index (χ0n) is 39.1. The van der Waals surface area contributed by atoms with Gasteiger partial charge in [0.05, 0.1) is 43.2 Å². The van der Waals surface area contributed by atoms with E-state index in [1.165, 1.54) is 6.92 Å². The molecule has 370 valence electrons. The van der Waals surface area contributed by atoms with Gasteiger partial charge in [-0.2, -0.15) is 0 Å². The monoisotopic (exact) mass is 917 g/mol. The summed E-state index contributed by atoms with van der Waals surface area (Å²) in [6.07, 6.45) is -14.7. The minimum atomic E-state index is -1.59. The Morgan fingerprint density at radius 2 is 1.16 bits per heavy atom. The van der Waals surface area contributed by atoms with Gasteiger partial charge in [0.15, 0.2) is 18.9 Å². The van der Waals surface area contributed by atoms with Crippen LogP contribution in [-0.2, 0) is 28.4 Å². The Kier molecular flexibility index (Phi) is 13.2. The second-order valence-corrected chi connectivity index (χ2v) is 23.7. The van der Waals surface area contributed by atoms with Crippen molar-refractivity contribution in [3.63, 3.8) is 0 Å². The van der Waals surface area contributed by atoms with E-state index < -0.39 is 122 Å². The van der Waals surface area contributed by atoms with Crippen LogP contribution < -0.4 is 0 Å². The highest BCUT2D eigenvalue weighted by Crippen LogP contribution is 2.78. The molecule has 0 amide bonds. The molecule has 64 heavy (non-hydrogen) atoms. The molecule has 5 saturated carbocycles. The lowest BCUT2D eigenvalue weighted by Crippen LogP contribution is -2.71. The predicted octanol–water partition coefficient (Wildman–Crippen LogP) is 0.301. The molecule has 11 N–H and O–H groups in total. The molecule has 17 nitrogen and oxygen atoms in total. The van der Waals surface area contributed by atoms with Gasteiger partial charge in [-0.1, -0.05) is 41.5 Å². The average Bonchev–Trinajstić information content (AvgIpc) is 3.59. The molecular formula is C47H80O17. The first-order valence-electron chi connectivity index (χ1n) is 24.0. The molecule has 8 aliphatic rings. The SMILES string of the molecule is C[C@@H]1O[C@@H](O[C@@H]2CO[C@H](O[C@H]3CC[C@@]4(C)[C@H]([C@@H](O)C[C@]5(C)[C@@H]4CC[C@@H]4[C@@]6(C)CC[C@@H](C(C)(C)O[C@@H]7O[C@H](CO)[C@@H](O)[C@H](O)[C@H]7O)[C@@H]6[C@@H](O)C[C@]45C)C3(C)C)[C@H](O)[C@H]2O)[C@H](O)[C@H](O)[C@H]1O. The first kappa shape index (κ1) is 49.7. The number of fused-ring (bicyclic) bond motifs is 7. The molecule has 8 fully saturated rings. The van der Waals surface area contributed by atoms with Crippen LogP contribution in [0, 0.1) is 56.7 Å². The number of aliphatic hydroxyl groups excluding tert-OH is 11. The van der Waals surface area contributed by atoms with E-state index in [2.05, 4.69) is 41.5 Å². The Hall–Kier alpha value is -0.680. The highest BCUT2D eigenvalue weighted by Gasteiger charge is 2.74. The highest BCUT2D eigenvalue weighted by molar-refractivity contribution is 5.23. The van der Waals surface area contributed by atoms with E-state index in [0.717, 1.165) is 32.1 Å². The van der Waals surface area contributed by atoms with Crippen molar-refractivity contribution in [2.75, 3.05) is 13.2 Å². The lowest BCUT2D eigenvalue weighted by atomic mass is 9.31. The van der Waals surface area contributed by atoms with Gasteiger partial charge in [-0.25, -0.2) is 0 Å². The summed E-state index contributed by atoms with van der Waals surface area (Å²) in [4.78, 5) is 0. The molecule has 0 unspecified atom stereocenters. The van der Waals surface area contributed by atoms with Gasteiger partial charge in [-0.05, 0) is 129 Å². The minimum Gasteiger partial charge on any atom is -0.394 e. The Morgan fingerprint density at radius 3 is 1.80 bits per heavy atom. The van der Waals surface area contributed by atoms with Crippen LogP contribution in [-0.4, -0.2) is 179 Å². The van der Waals surface area contributed by atoms with Crippen molar-refractivity contribution in [2.24, 2.45) is 56.7 Å². The van der Waals surface area contributed by atoms with Crippen molar-refractivity contribution in [2.45, 2.75) is 224 Å². The summed E-state index contributed by atoms with van der Waals surface area (Å²) in [5, 5.41) is 120. The lowest BCUT2D eigenvalue weighted by molar-refractivity contribution is -0.352. The number of hydrogen-bond acceptors (Lipinski definition) is 17. The third kappa shape index (κ3) is 7.43. The summed E-state index contributed by atoms with van der Waals surface area (Å²) >= 11 is 0. The summed E-state index contributed by atoms with van der Waals surface area (Å²) in [6, 6.07) is 0. The van der Waals surface area contributed by atoms with Crippen LogP contribution >= 0.6 is 0 Å². The van der Waals surface area contributed by atoms with Gasteiger partial charge in [0.25, 0.3) is 0 Å². The van der Waals surface area contributed by atoms with Gasteiger partial charge in [-0.3, -0.25) is 0 Å². The molecule has 3 aliphatic heterocycles. The van der Waals surface area contributed by atoms with Gasteiger partial charge < -0.3 is 84.6 Å². The van der Waals surface area contributed by atoms with E-state index in [1.807, 2.05) is 13.8 Å². The van der Waals surface area contributed by atoms with Crippen molar-refractivity contribution in [1.29, 1.82) is 0 Å². The Bertz CT molecular complexity index is 1670. The van der Waals surface area contributed by atoms with E-state index in [9.17, 15) is 56.2 Å². The summed E-state index contributed by atoms with van der Waals surface area (Å²) in [5.41, 5.74) is -2.72. The van der Waals surface area contributed by atoms with Crippen LogP contribution in [0.4, 0.5) is 0 Å². The van der Waals surface area contributed by atoms with Crippen LogP contribution in [0.15, 0.2) is 0 Å². The number of aliphatic hydroxyl groups is 11. The van der Waals surface area contributed by atoms with E-state index in [4.69, 9.17) is 28.4 Å². The predicted molar refractivity (Wildman–Crippen MR) is 225 cm³/mol. The fourth-order valence-electron chi connectivity index (χ4n) is 16.5. The van der Waals surface area contributed by atoms with Gasteiger partial charge in [-0.15, -0.1) is 0 Å². The molecule has 17 heteroatoms. The van der Waals surface area contributed by atoms with Gasteiger partial charge in [0.2, 0.25) is 0 Å². The molecule has 26 atom stereocenters. The average molecular weight is 917 g/mol. The molecule has 5 aliphatic carbocycles. The summed E-state index contributed by atoms with van der Waals surface area (Å²) in [7, 11) is 0. The smallest absolute Gasteiger partial charge is 0.187 e. The molecule has 0 spiro atoms. The lowest BCUT2D eigenvalue weighted by Gasteiger charge is -2.74. The van der Waals surface area contributed by atoms with E-state index in [-0.39, 0.29) is 57.9 Å². The van der Waals surface area contributed by atoms with Crippen molar-refractivity contribution < 1.29 is 84.6 Å². The van der Waals surface area contributed by atoms with Crippen LogP contribution in [0.5, 0.6) is 0 Å². The first-order chi connectivity index (χ1) is 29.7. The number of hydrogen-bond donors (Lipinski definition) is 11. The molecular weight excluding hydrogens is 837 g/mol. The van der Waals surface area contributed by atoms with Crippen molar-refractivity contribution in [3.05, 3.63) is 0 Å². The maximum absolute atomic E-state index is 12.6. The Morgan fingerprint density at radius 1 is 0.594 bits per heavy atom. The summed E-state index contributed by atoms with van der Waals surface area (Å²) in [5.74, 6) is 0.0222. The number of rotatable bonds is 8. The van der Waals surface area contributed by atoms with Crippen LogP contribution in [0.3, 0.4) is 0 Å². The highest BCUT2D eigenvalue weighted by atomic mass is 16.7. The van der Waals surface area contributed by atoms with Crippen LogP contribution in [0.2, 0.25) is 0 Å². The van der Waals surface area contributed by atoms with Crippen molar-refractivity contribution in [1.82, 2.24) is 0 Å². The maximum atomic E-state index is 12.6. The zero-order chi connectivity index (χ0) is 47.0. The van der Waals surface area contributed by atoms with E-state index in [0.29, 0.717) is 19.3 Å². The van der Waals surface area contributed by atoms with Gasteiger partial charge in [0, 0.05) is 0 Å². The fourth-order valence-corrected chi connectivity index (χ4v) is 16.5. The third-order valence-corrected chi connectivity index (χ3v) is 19.7. The molecule has 0 aromatic carbocycles. The molecule has 8 rings (SSSR count). The minimum absolute atomic E-state index is 0.123. The number of ether oxygens (including phenoxy) is 6. The summed E-state index contributed by atoms with van der Waals surface area (Å²) < 4.78 is 36.1. The maximum Gasteiger partial charge on any atom is 0.187 e. The van der Waals surface area contributed by atoms with Crippen LogP contribution in [0.1, 0.15) is 114 Å². The van der Waals surface area contributed by atoms with Gasteiger partial charge in [0.1, 0.15) is 61.0 Å². The first-order valence-corrected chi connectivity index (χ1v) is 24.0. The quantitative estimate of drug-likeness (QED) is 0.146. The standard InChI is InChI=1S/C47H80O17/c1-20-30(51)33(54)36(57)40(60-20)62-25-19-59-39(35(56)32(25)53)63-28-13-15-45(7)27-11-10-26-44(6)14-12-21(43(4,5)64-41-37(58)34(55)31(52)24(18-48)61-41)29(44)22(49)16-46(26,8)47(27,9)17-23(50)38(45)42(28,2)3/h20-41,48-58H,10-19H2,1-9H3/t20-,21+,22-,23-,24+,25+,26+,27+,28-,29+,30-,31+,32-,33+,34-,35+,36+,37+,38+,39+,40-,41-,44+,45+,46+,47+/m0/s1. The van der Waals surface area contributed by atoms with Crippen molar-refractivity contribution in [3.8, 4) is 0 Å². The van der Waals surface area contributed by atoms with E-state index in [1.54, 1.807) is 0 Å². The summed E-state index contributed by atoms with van der Waals surface area (Å²) in [6.45, 7) is 18.2. The molecule has 3 saturated heterocycles. The van der Waals surface area contributed by atoms with Crippen molar-refractivity contribution >= 4 is 0 Å². The van der Waals surface area contributed by atoms with E-state index >= 15 is 0 Å².